The van der Waals surface area contributed by atoms with E-state index in [1.165, 1.54) is 24.6 Å². The van der Waals surface area contributed by atoms with Crippen LogP contribution in [0.4, 0.5) is 0 Å². The lowest BCUT2D eigenvalue weighted by molar-refractivity contribution is 0.681. The molecule has 0 fully saturated rings. The van der Waals surface area contributed by atoms with Crippen LogP contribution in [-0.2, 0) is 12.8 Å². The Hall–Kier alpha value is -0.870. The van der Waals surface area contributed by atoms with Crippen molar-refractivity contribution >= 4 is 24.7 Å². The van der Waals surface area contributed by atoms with Crippen LogP contribution in [0, 0.1) is 0 Å². The molecule has 0 saturated carbocycles. The topological polar surface area (TPSA) is 0 Å². The van der Waals surface area contributed by atoms with Crippen LogP contribution in [0.5, 0.6) is 0 Å². The van der Waals surface area contributed by atoms with E-state index in [1.54, 1.807) is 21.8 Å². The van der Waals surface area contributed by atoms with E-state index >= 15 is 0 Å². The highest BCUT2D eigenvalue weighted by Gasteiger charge is 2.20. The quantitative estimate of drug-likeness (QED) is 0.713. The molecular weight excluding hydrogens is 235 g/mol. The Morgan fingerprint density at radius 2 is 1.78 bits per heavy atom. The first-order chi connectivity index (χ1) is 8.61. The molecule has 2 aromatic carbocycles. The lowest BCUT2D eigenvalue weighted by atomic mass is 10.1. The van der Waals surface area contributed by atoms with Crippen LogP contribution < -0.4 is 5.30 Å². The summed E-state index contributed by atoms with van der Waals surface area (Å²) in [7, 11) is 0.905. The number of hydrogen-bond donors (Lipinski definition) is 0. The Morgan fingerprint density at radius 1 is 1.06 bits per heavy atom. The van der Waals surface area contributed by atoms with Gasteiger partial charge in [-0.05, 0) is 51.6 Å². The summed E-state index contributed by atoms with van der Waals surface area (Å²) >= 11 is 0. The second kappa shape index (κ2) is 4.35. The second-order valence-corrected chi connectivity index (χ2v) is 8.12. The van der Waals surface area contributed by atoms with Crippen molar-refractivity contribution in [1.82, 2.24) is 0 Å². The van der Waals surface area contributed by atoms with Gasteiger partial charge < -0.3 is 0 Å². The van der Waals surface area contributed by atoms with Crippen LogP contribution in [0.15, 0.2) is 30.3 Å². The van der Waals surface area contributed by atoms with Crippen molar-refractivity contribution in [2.75, 3.05) is 0 Å². The average molecular weight is 256 g/mol. The molecule has 1 aliphatic carbocycles. The van der Waals surface area contributed by atoms with Gasteiger partial charge >= 0.3 is 0 Å². The van der Waals surface area contributed by atoms with E-state index in [2.05, 4.69) is 51.1 Å². The SMILES string of the molecule is CCC(C)(C)Pc1ccc2c3c(cccc13)CC2. The molecule has 1 atom stereocenters. The zero-order chi connectivity index (χ0) is 12.8. The average Bonchev–Trinajstić information content (AvgIpc) is 2.78. The van der Waals surface area contributed by atoms with Gasteiger partial charge in [0.05, 0.1) is 0 Å². The minimum Gasteiger partial charge on any atom is -0.0839 e. The van der Waals surface area contributed by atoms with Crippen molar-refractivity contribution in [1.29, 1.82) is 0 Å². The van der Waals surface area contributed by atoms with Crippen LogP contribution in [-0.4, -0.2) is 5.16 Å². The van der Waals surface area contributed by atoms with Gasteiger partial charge in [-0.25, -0.2) is 0 Å². The van der Waals surface area contributed by atoms with Gasteiger partial charge in [0.2, 0.25) is 0 Å². The Kier molecular flexibility index (Phi) is 2.94. The van der Waals surface area contributed by atoms with Crippen molar-refractivity contribution in [3.63, 3.8) is 0 Å². The highest BCUT2D eigenvalue weighted by Crippen LogP contribution is 2.38. The fourth-order valence-electron chi connectivity index (χ4n) is 2.81. The zero-order valence-corrected chi connectivity index (χ0v) is 12.5. The molecule has 0 bridgehead atoms. The van der Waals surface area contributed by atoms with Gasteiger partial charge in [-0.15, -0.1) is 0 Å². The van der Waals surface area contributed by atoms with E-state index in [9.17, 15) is 0 Å². The summed E-state index contributed by atoms with van der Waals surface area (Å²) in [5.41, 5.74) is 3.12. The maximum atomic E-state index is 2.38. The molecule has 2 aromatic rings. The fourth-order valence-corrected chi connectivity index (χ4v) is 4.22. The summed E-state index contributed by atoms with van der Waals surface area (Å²) in [5, 5.41) is 5.07. The molecule has 3 rings (SSSR count). The molecule has 1 aliphatic rings. The van der Waals surface area contributed by atoms with E-state index in [1.807, 2.05) is 0 Å². The molecular formula is C17H21P. The molecule has 0 aromatic heterocycles. The molecule has 0 amide bonds. The molecule has 0 spiro atoms. The molecule has 18 heavy (non-hydrogen) atoms. The largest absolute Gasteiger partial charge is 0.0839 e. The molecule has 0 aliphatic heterocycles. The van der Waals surface area contributed by atoms with Gasteiger partial charge in [0.25, 0.3) is 0 Å². The highest BCUT2D eigenvalue weighted by atomic mass is 31.1. The van der Waals surface area contributed by atoms with Crippen LogP contribution in [0.1, 0.15) is 38.3 Å². The number of aryl methyl sites for hydroxylation is 2. The summed E-state index contributed by atoms with van der Waals surface area (Å²) in [6.45, 7) is 7.07. The Balaban J connectivity index is 2.15. The summed E-state index contributed by atoms with van der Waals surface area (Å²) in [4.78, 5) is 0. The van der Waals surface area contributed by atoms with Crippen molar-refractivity contribution in [3.05, 3.63) is 41.5 Å². The molecule has 0 N–H and O–H groups in total. The Bertz CT molecular complexity index is 586. The lowest BCUT2D eigenvalue weighted by Gasteiger charge is -2.24. The molecule has 0 saturated heterocycles. The third-order valence-corrected chi connectivity index (χ3v) is 5.97. The number of benzene rings is 2. The first-order valence-electron chi connectivity index (χ1n) is 6.92. The first-order valence-corrected chi connectivity index (χ1v) is 7.92. The third-order valence-electron chi connectivity index (χ3n) is 4.23. The van der Waals surface area contributed by atoms with E-state index in [0.717, 1.165) is 8.58 Å². The van der Waals surface area contributed by atoms with E-state index in [-0.39, 0.29) is 0 Å². The van der Waals surface area contributed by atoms with Gasteiger partial charge in [-0.2, -0.15) is 0 Å². The molecule has 0 radical (unpaired) electrons. The zero-order valence-electron chi connectivity index (χ0n) is 11.5. The Labute approximate surface area is 112 Å². The van der Waals surface area contributed by atoms with Crippen LogP contribution in [0.25, 0.3) is 10.8 Å². The third kappa shape index (κ3) is 1.97. The molecule has 0 heterocycles. The maximum absolute atomic E-state index is 2.38. The number of rotatable bonds is 3. The number of hydrogen-bond acceptors (Lipinski definition) is 0. The van der Waals surface area contributed by atoms with E-state index in [4.69, 9.17) is 0 Å². The monoisotopic (exact) mass is 256 g/mol. The van der Waals surface area contributed by atoms with Crippen LogP contribution in [0.3, 0.4) is 0 Å². The minimum absolute atomic E-state index is 0.429. The second-order valence-electron chi connectivity index (χ2n) is 5.97. The van der Waals surface area contributed by atoms with Crippen molar-refractivity contribution in [2.45, 2.75) is 45.2 Å². The van der Waals surface area contributed by atoms with E-state index in [0.29, 0.717) is 5.16 Å². The van der Waals surface area contributed by atoms with Gasteiger partial charge in [0.1, 0.15) is 0 Å². The summed E-state index contributed by atoms with van der Waals surface area (Å²) < 4.78 is 0. The summed E-state index contributed by atoms with van der Waals surface area (Å²) in [6.07, 6.45) is 3.71. The van der Waals surface area contributed by atoms with Gasteiger partial charge in [0.15, 0.2) is 0 Å². The summed E-state index contributed by atoms with van der Waals surface area (Å²) in [6, 6.07) is 11.6. The Morgan fingerprint density at radius 3 is 2.50 bits per heavy atom. The molecule has 1 unspecified atom stereocenters. The standard InChI is InChI=1S/C17H21P/c1-4-17(2,3)18-15-11-10-13-9-8-12-6-5-7-14(15)16(12)13/h5-7,10-11,18H,4,8-9H2,1-3H3. The molecule has 94 valence electrons. The molecule has 0 nitrogen and oxygen atoms in total. The van der Waals surface area contributed by atoms with Gasteiger partial charge in [0, 0.05) is 0 Å². The van der Waals surface area contributed by atoms with Crippen LogP contribution >= 0.6 is 8.58 Å². The van der Waals surface area contributed by atoms with Gasteiger partial charge in [-0.1, -0.05) is 59.7 Å². The fraction of sp³-hybridized carbons (Fsp3) is 0.412. The lowest BCUT2D eigenvalue weighted by Crippen LogP contribution is -2.15. The normalized spacial score (nSPS) is 15.1. The van der Waals surface area contributed by atoms with Crippen LogP contribution in [0.2, 0.25) is 0 Å². The van der Waals surface area contributed by atoms with Gasteiger partial charge in [-0.3, -0.25) is 0 Å². The predicted molar refractivity (Wildman–Crippen MR) is 83.7 cm³/mol. The predicted octanol–water partition coefficient (Wildman–Crippen LogP) is 4.43. The van der Waals surface area contributed by atoms with Crippen molar-refractivity contribution < 1.29 is 0 Å². The van der Waals surface area contributed by atoms with E-state index < -0.39 is 0 Å². The smallest absolute Gasteiger partial charge is 0.0104 e. The van der Waals surface area contributed by atoms with Crippen molar-refractivity contribution in [3.8, 4) is 0 Å². The first kappa shape index (κ1) is 12.2. The summed E-state index contributed by atoms with van der Waals surface area (Å²) in [5.74, 6) is 0. The molecule has 1 heteroatoms. The highest BCUT2D eigenvalue weighted by molar-refractivity contribution is 7.49. The van der Waals surface area contributed by atoms with Crippen molar-refractivity contribution in [2.24, 2.45) is 0 Å². The maximum Gasteiger partial charge on any atom is -0.0104 e. The minimum atomic E-state index is 0.429.